The smallest absolute Gasteiger partial charge is 0.160 e. The van der Waals surface area contributed by atoms with Crippen molar-refractivity contribution in [3.63, 3.8) is 0 Å². The Bertz CT molecular complexity index is 590. The summed E-state index contributed by atoms with van der Waals surface area (Å²) in [7, 11) is 1.59. The fourth-order valence-electron chi connectivity index (χ4n) is 1.72. The predicted molar refractivity (Wildman–Crippen MR) is 77.0 cm³/mol. The third-order valence-corrected chi connectivity index (χ3v) is 3.47. The second-order valence-electron chi connectivity index (χ2n) is 4.12. The molecule has 0 amide bonds. The minimum absolute atomic E-state index is 0.252. The number of pyridine rings is 1. The minimum Gasteiger partial charge on any atom is -0.493 e. The van der Waals surface area contributed by atoms with E-state index in [0.717, 1.165) is 21.4 Å². The zero-order chi connectivity index (χ0) is 13.8. The van der Waals surface area contributed by atoms with Crippen molar-refractivity contribution in [3.05, 3.63) is 52.0 Å². The minimum atomic E-state index is -0.252. The topological polar surface area (TPSA) is 34.1 Å². The molecule has 19 heavy (non-hydrogen) atoms. The lowest BCUT2D eigenvalue weighted by molar-refractivity contribution is 0.414. The van der Waals surface area contributed by atoms with E-state index in [1.807, 2.05) is 13.0 Å². The normalized spacial score (nSPS) is 10.3. The maximum Gasteiger partial charge on any atom is 0.160 e. The molecule has 1 aromatic carbocycles. The van der Waals surface area contributed by atoms with Crippen LogP contribution in [0.15, 0.2) is 34.9 Å². The first-order valence-electron chi connectivity index (χ1n) is 5.78. The van der Waals surface area contributed by atoms with Gasteiger partial charge in [0.15, 0.2) is 5.75 Å². The Hall–Kier alpha value is -1.62. The lowest BCUT2D eigenvalue weighted by atomic mass is 10.2. The van der Waals surface area contributed by atoms with Gasteiger partial charge in [-0.1, -0.05) is 15.9 Å². The Labute approximate surface area is 119 Å². The summed E-state index contributed by atoms with van der Waals surface area (Å²) >= 11 is 3.40. The molecule has 0 aliphatic rings. The Balaban J connectivity index is 2.18. The molecule has 5 heteroatoms. The van der Waals surface area contributed by atoms with Gasteiger partial charge in [-0.25, -0.2) is 4.39 Å². The van der Waals surface area contributed by atoms with Crippen LogP contribution in [-0.4, -0.2) is 12.1 Å². The van der Waals surface area contributed by atoms with Crippen molar-refractivity contribution in [2.24, 2.45) is 0 Å². The van der Waals surface area contributed by atoms with Crippen LogP contribution < -0.4 is 10.1 Å². The number of hydrogen-bond donors (Lipinski definition) is 1. The highest BCUT2D eigenvalue weighted by Crippen LogP contribution is 2.25. The average molecular weight is 325 g/mol. The van der Waals surface area contributed by atoms with Gasteiger partial charge in [0.05, 0.1) is 19.0 Å². The van der Waals surface area contributed by atoms with E-state index in [1.165, 1.54) is 12.1 Å². The van der Waals surface area contributed by atoms with Crippen molar-refractivity contribution in [1.29, 1.82) is 0 Å². The SMILES string of the molecule is COc1cnc(C)cc1NCc1cc(F)ccc1Br. The zero-order valence-electron chi connectivity index (χ0n) is 10.7. The number of aromatic nitrogens is 1. The van der Waals surface area contributed by atoms with Gasteiger partial charge < -0.3 is 10.1 Å². The molecule has 0 radical (unpaired) electrons. The highest BCUT2D eigenvalue weighted by Gasteiger charge is 2.06. The lowest BCUT2D eigenvalue weighted by Crippen LogP contribution is -2.03. The van der Waals surface area contributed by atoms with E-state index in [9.17, 15) is 4.39 Å². The Kier molecular flexibility index (Phi) is 4.37. The molecule has 0 spiro atoms. The van der Waals surface area contributed by atoms with Gasteiger partial charge in [-0.15, -0.1) is 0 Å². The van der Waals surface area contributed by atoms with Crippen LogP contribution in [0.2, 0.25) is 0 Å². The molecule has 0 aliphatic carbocycles. The summed E-state index contributed by atoms with van der Waals surface area (Å²) in [5.41, 5.74) is 2.57. The first kappa shape index (κ1) is 13.8. The molecule has 2 aromatic rings. The van der Waals surface area contributed by atoms with E-state index in [4.69, 9.17) is 4.74 Å². The Morgan fingerprint density at radius 2 is 2.16 bits per heavy atom. The number of nitrogens with zero attached hydrogens (tertiary/aromatic N) is 1. The van der Waals surface area contributed by atoms with Gasteiger partial charge in [0.1, 0.15) is 5.82 Å². The molecule has 2 rings (SSSR count). The molecular formula is C14H14BrFN2O. The predicted octanol–water partition coefficient (Wildman–Crippen LogP) is 3.91. The third kappa shape index (κ3) is 3.44. The Morgan fingerprint density at radius 3 is 2.89 bits per heavy atom. The number of benzene rings is 1. The molecule has 100 valence electrons. The average Bonchev–Trinajstić information content (AvgIpc) is 2.40. The second kappa shape index (κ2) is 6.02. The number of aryl methyl sites for hydroxylation is 1. The summed E-state index contributed by atoms with van der Waals surface area (Å²) in [4.78, 5) is 4.16. The molecule has 0 atom stereocenters. The van der Waals surface area contributed by atoms with Crippen molar-refractivity contribution in [2.45, 2.75) is 13.5 Å². The number of rotatable bonds is 4. The van der Waals surface area contributed by atoms with Gasteiger partial charge in [0, 0.05) is 16.7 Å². The summed E-state index contributed by atoms with van der Waals surface area (Å²) in [5.74, 6) is 0.413. The van der Waals surface area contributed by atoms with Crippen LogP contribution in [0.1, 0.15) is 11.3 Å². The largest absolute Gasteiger partial charge is 0.493 e. The van der Waals surface area contributed by atoms with Crippen LogP contribution in [0.5, 0.6) is 5.75 Å². The first-order valence-corrected chi connectivity index (χ1v) is 6.58. The van der Waals surface area contributed by atoms with Crippen LogP contribution in [0.4, 0.5) is 10.1 Å². The van der Waals surface area contributed by atoms with Gasteiger partial charge in [-0.05, 0) is 36.8 Å². The summed E-state index contributed by atoms with van der Waals surface area (Å²) < 4.78 is 19.3. The van der Waals surface area contributed by atoms with Gasteiger partial charge in [0.2, 0.25) is 0 Å². The Morgan fingerprint density at radius 1 is 1.37 bits per heavy atom. The van der Waals surface area contributed by atoms with Crippen molar-refractivity contribution >= 4 is 21.6 Å². The van der Waals surface area contributed by atoms with Crippen LogP contribution in [0.3, 0.4) is 0 Å². The molecule has 1 heterocycles. The molecule has 0 aliphatic heterocycles. The van der Waals surface area contributed by atoms with Crippen molar-refractivity contribution in [3.8, 4) is 5.75 Å². The fourth-order valence-corrected chi connectivity index (χ4v) is 2.10. The van der Waals surface area contributed by atoms with E-state index >= 15 is 0 Å². The van der Waals surface area contributed by atoms with Gasteiger partial charge in [-0.3, -0.25) is 4.98 Å². The summed E-state index contributed by atoms with van der Waals surface area (Å²) in [6.45, 7) is 2.40. The van der Waals surface area contributed by atoms with Crippen LogP contribution in [0.25, 0.3) is 0 Å². The third-order valence-electron chi connectivity index (χ3n) is 2.70. The standard InChI is InChI=1S/C14H14BrFN2O/c1-9-5-13(14(19-2)8-17-9)18-7-10-6-11(16)3-4-12(10)15/h3-6,8H,7H2,1-2H3,(H,17,18). The number of methoxy groups -OCH3 is 1. The summed E-state index contributed by atoms with van der Waals surface area (Å²) in [6.07, 6.45) is 1.66. The number of halogens is 2. The molecule has 0 fully saturated rings. The van der Waals surface area contributed by atoms with E-state index in [0.29, 0.717) is 12.3 Å². The van der Waals surface area contributed by atoms with Crippen LogP contribution >= 0.6 is 15.9 Å². The van der Waals surface area contributed by atoms with Gasteiger partial charge in [-0.2, -0.15) is 0 Å². The monoisotopic (exact) mass is 324 g/mol. The van der Waals surface area contributed by atoms with E-state index < -0.39 is 0 Å². The first-order chi connectivity index (χ1) is 9.10. The second-order valence-corrected chi connectivity index (χ2v) is 4.97. The molecular weight excluding hydrogens is 311 g/mol. The highest BCUT2D eigenvalue weighted by molar-refractivity contribution is 9.10. The van der Waals surface area contributed by atoms with Crippen molar-refractivity contribution < 1.29 is 9.13 Å². The highest BCUT2D eigenvalue weighted by atomic mass is 79.9. The van der Waals surface area contributed by atoms with E-state index in [1.54, 1.807) is 19.4 Å². The lowest BCUT2D eigenvalue weighted by Gasteiger charge is -2.12. The van der Waals surface area contributed by atoms with Crippen molar-refractivity contribution in [2.75, 3.05) is 12.4 Å². The molecule has 0 saturated carbocycles. The quantitative estimate of drug-likeness (QED) is 0.925. The summed E-state index contributed by atoms with van der Waals surface area (Å²) in [6, 6.07) is 6.51. The van der Waals surface area contributed by atoms with E-state index in [2.05, 4.69) is 26.2 Å². The maximum atomic E-state index is 13.2. The van der Waals surface area contributed by atoms with Gasteiger partial charge >= 0.3 is 0 Å². The summed E-state index contributed by atoms with van der Waals surface area (Å²) in [5, 5.41) is 3.23. The molecule has 0 saturated heterocycles. The van der Waals surface area contributed by atoms with E-state index in [-0.39, 0.29) is 5.82 Å². The van der Waals surface area contributed by atoms with Gasteiger partial charge in [0.25, 0.3) is 0 Å². The number of anilines is 1. The maximum absolute atomic E-state index is 13.2. The molecule has 0 bridgehead atoms. The molecule has 1 aromatic heterocycles. The number of ether oxygens (including phenoxy) is 1. The number of nitrogens with one attached hydrogen (secondary N) is 1. The zero-order valence-corrected chi connectivity index (χ0v) is 12.3. The molecule has 1 N–H and O–H groups in total. The molecule has 3 nitrogen and oxygen atoms in total. The molecule has 0 unspecified atom stereocenters. The van der Waals surface area contributed by atoms with Crippen LogP contribution in [0, 0.1) is 12.7 Å². The fraction of sp³-hybridized carbons (Fsp3) is 0.214. The number of hydrogen-bond acceptors (Lipinski definition) is 3. The van der Waals surface area contributed by atoms with Crippen LogP contribution in [-0.2, 0) is 6.54 Å². The van der Waals surface area contributed by atoms with Crippen molar-refractivity contribution in [1.82, 2.24) is 4.98 Å².